The Bertz CT molecular complexity index is 3190. The van der Waals surface area contributed by atoms with E-state index in [0.29, 0.717) is 17.5 Å². The van der Waals surface area contributed by atoms with Crippen molar-refractivity contribution in [2.75, 3.05) is 0 Å². The average Bonchev–Trinajstić information content (AvgIpc) is 3.28. The molecule has 260 valence electrons. The normalized spacial score (nSPS) is 11.6. The predicted octanol–water partition coefficient (Wildman–Crippen LogP) is 10.9. The number of hydrogen-bond acceptors (Lipinski definition) is 8. The minimum Gasteiger partial charge on any atom is -0.256 e. The molecule has 0 spiro atoms. The summed E-state index contributed by atoms with van der Waals surface area (Å²) in [4.78, 5) is 39.1. The summed E-state index contributed by atoms with van der Waals surface area (Å²) >= 11 is 0. The van der Waals surface area contributed by atoms with Gasteiger partial charge in [0.15, 0.2) is 17.5 Å². The van der Waals surface area contributed by atoms with E-state index in [1.54, 1.807) is 6.20 Å². The highest BCUT2D eigenvalue weighted by molar-refractivity contribution is 6.12. The third-order valence-electron chi connectivity index (χ3n) is 10.3. The Kier molecular flexibility index (Phi) is 7.31. The van der Waals surface area contributed by atoms with Gasteiger partial charge in [0.25, 0.3) is 0 Å². The summed E-state index contributed by atoms with van der Waals surface area (Å²) in [5.74, 6) is 1.71. The molecule has 0 atom stereocenters. The molecule has 0 fully saturated rings. The molecule has 8 heteroatoms. The monoisotopic (exact) mass is 716 g/mol. The Labute approximate surface area is 320 Å². The number of benzene rings is 5. The van der Waals surface area contributed by atoms with Crippen molar-refractivity contribution in [2.24, 2.45) is 0 Å². The minimum atomic E-state index is 0.554. The molecular weight excluding hydrogens is 689 g/mol. The molecule has 5 aromatic carbocycles. The van der Waals surface area contributed by atoms with Crippen LogP contribution in [0.3, 0.4) is 0 Å². The number of fused-ring (bicyclic) bond motifs is 7. The topological polar surface area (TPSA) is 103 Å². The molecule has 6 aromatic heterocycles. The predicted molar refractivity (Wildman–Crippen MR) is 224 cm³/mol. The van der Waals surface area contributed by atoms with Gasteiger partial charge in [0, 0.05) is 74.6 Å². The summed E-state index contributed by atoms with van der Waals surface area (Å²) in [6.45, 7) is 0. The van der Waals surface area contributed by atoms with Crippen LogP contribution >= 0.6 is 0 Å². The quantitative estimate of drug-likeness (QED) is 0.162. The van der Waals surface area contributed by atoms with Crippen LogP contribution in [0, 0.1) is 0 Å². The summed E-state index contributed by atoms with van der Waals surface area (Å²) < 4.78 is 0. The van der Waals surface area contributed by atoms with Gasteiger partial charge in [-0.25, -0.2) is 15.0 Å². The second-order valence-corrected chi connectivity index (χ2v) is 13.7. The van der Waals surface area contributed by atoms with E-state index in [4.69, 9.17) is 34.9 Å². The van der Waals surface area contributed by atoms with Crippen LogP contribution in [0.4, 0.5) is 0 Å². The molecule has 0 saturated heterocycles. The van der Waals surface area contributed by atoms with E-state index >= 15 is 0 Å². The van der Waals surface area contributed by atoms with Gasteiger partial charge in [-0.2, -0.15) is 0 Å². The van der Waals surface area contributed by atoms with E-state index in [0.717, 1.165) is 93.5 Å². The number of rotatable bonds is 5. The molecular formula is C48H28N8. The van der Waals surface area contributed by atoms with Crippen molar-refractivity contribution in [1.82, 2.24) is 39.9 Å². The maximum absolute atomic E-state index is 5.21. The van der Waals surface area contributed by atoms with Crippen LogP contribution in [-0.4, -0.2) is 39.9 Å². The Morgan fingerprint density at radius 2 is 0.768 bits per heavy atom. The van der Waals surface area contributed by atoms with Crippen LogP contribution in [-0.2, 0) is 0 Å². The van der Waals surface area contributed by atoms with Gasteiger partial charge in [-0.05, 0) is 101 Å². The molecule has 11 aromatic rings. The zero-order chi connectivity index (χ0) is 37.0. The molecule has 0 unspecified atom stereocenters. The number of pyridine rings is 5. The van der Waals surface area contributed by atoms with Gasteiger partial charge in [0.1, 0.15) is 0 Å². The first kappa shape index (κ1) is 31.7. The van der Waals surface area contributed by atoms with Crippen LogP contribution in [0.5, 0.6) is 0 Å². The van der Waals surface area contributed by atoms with E-state index < -0.39 is 0 Å². The minimum absolute atomic E-state index is 0.554. The maximum Gasteiger partial charge on any atom is 0.164 e. The van der Waals surface area contributed by atoms with Crippen molar-refractivity contribution < 1.29 is 0 Å². The highest BCUT2D eigenvalue weighted by atomic mass is 15.0. The second-order valence-electron chi connectivity index (χ2n) is 13.7. The highest BCUT2D eigenvalue weighted by Crippen LogP contribution is 2.40. The fraction of sp³-hybridized carbons (Fsp3) is 0. The molecule has 0 saturated carbocycles. The lowest BCUT2D eigenvalue weighted by Gasteiger charge is -2.16. The lowest BCUT2D eigenvalue weighted by atomic mass is 9.91. The zero-order valence-electron chi connectivity index (χ0n) is 29.7. The summed E-state index contributed by atoms with van der Waals surface area (Å²) in [5, 5.41) is 5.03. The molecule has 0 radical (unpaired) electrons. The Morgan fingerprint density at radius 1 is 0.286 bits per heavy atom. The van der Waals surface area contributed by atoms with Crippen LogP contribution < -0.4 is 0 Å². The summed E-state index contributed by atoms with van der Waals surface area (Å²) in [7, 11) is 0. The first-order chi connectivity index (χ1) is 27.7. The van der Waals surface area contributed by atoms with E-state index in [9.17, 15) is 0 Å². The fourth-order valence-corrected chi connectivity index (χ4v) is 7.66. The maximum atomic E-state index is 5.21. The van der Waals surface area contributed by atoms with E-state index in [2.05, 4.69) is 71.7 Å². The molecule has 0 aliphatic rings. The Hall–Kier alpha value is -7.84. The summed E-state index contributed by atoms with van der Waals surface area (Å²) in [6, 6.07) is 47.5. The first-order valence-electron chi connectivity index (χ1n) is 18.3. The Morgan fingerprint density at radius 3 is 1.38 bits per heavy atom. The van der Waals surface area contributed by atoms with E-state index in [1.807, 2.05) is 97.6 Å². The molecule has 0 aliphatic carbocycles. The third-order valence-corrected chi connectivity index (χ3v) is 10.3. The van der Waals surface area contributed by atoms with Crippen molar-refractivity contribution in [3.8, 4) is 56.4 Å². The zero-order valence-corrected chi connectivity index (χ0v) is 29.7. The van der Waals surface area contributed by atoms with Gasteiger partial charge >= 0.3 is 0 Å². The van der Waals surface area contributed by atoms with E-state index in [1.165, 1.54) is 0 Å². The molecule has 0 bridgehead atoms. The van der Waals surface area contributed by atoms with Gasteiger partial charge in [0.2, 0.25) is 0 Å². The van der Waals surface area contributed by atoms with Crippen LogP contribution in [0.15, 0.2) is 171 Å². The number of nitrogens with zero attached hydrogens (tertiary/aromatic N) is 8. The van der Waals surface area contributed by atoms with Crippen molar-refractivity contribution in [3.63, 3.8) is 0 Å². The van der Waals surface area contributed by atoms with Crippen molar-refractivity contribution in [3.05, 3.63) is 171 Å². The molecule has 0 aliphatic heterocycles. The number of hydrogen-bond donors (Lipinski definition) is 0. The first-order valence-corrected chi connectivity index (χ1v) is 18.3. The van der Waals surface area contributed by atoms with Crippen LogP contribution in [0.25, 0.3) is 111 Å². The number of aromatic nitrogens is 8. The fourth-order valence-electron chi connectivity index (χ4n) is 7.66. The molecule has 0 amide bonds. The van der Waals surface area contributed by atoms with Crippen molar-refractivity contribution >= 4 is 54.5 Å². The van der Waals surface area contributed by atoms with Gasteiger partial charge < -0.3 is 0 Å². The molecule has 0 N–H and O–H groups in total. The van der Waals surface area contributed by atoms with Gasteiger partial charge in [0.05, 0.1) is 27.6 Å². The Balaban J connectivity index is 1.22. The van der Waals surface area contributed by atoms with E-state index in [-0.39, 0.29) is 0 Å². The van der Waals surface area contributed by atoms with Crippen molar-refractivity contribution in [1.29, 1.82) is 0 Å². The lowest BCUT2D eigenvalue weighted by Crippen LogP contribution is -2.01. The van der Waals surface area contributed by atoms with Gasteiger partial charge in [-0.1, -0.05) is 60.7 Å². The summed E-state index contributed by atoms with van der Waals surface area (Å²) in [5.41, 5.74) is 11.0. The molecule has 6 heterocycles. The second kappa shape index (κ2) is 12.9. The highest BCUT2D eigenvalue weighted by Gasteiger charge is 2.19. The van der Waals surface area contributed by atoms with Crippen LogP contribution in [0.1, 0.15) is 0 Å². The smallest absolute Gasteiger partial charge is 0.164 e. The van der Waals surface area contributed by atoms with Crippen molar-refractivity contribution in [2.45, 2.75) is 0 Å². The summed E-state index contributed by atoms with van der Waals surface area (Å²) in [6.07, 6.45) is 9.09. The third kappa shape index (κ3) is 5.39. The lowest BCUT2D eigenvalue weighted by molar-refractivity contribution is 1.07. The standard InChI is InChI=1S/C48H28N8/c1-2-9-29(10-3-1)46-54-47(33-16-17-41-30(23-33)11-4-18-49-41)56-48(55-46)36-25-34(39-27-31-12-5-19-50-42(31)44-37(39)14-7-21-52-44)24-35(26-36)40-28-32-13-6-20-51-43(32)45-38(40)15-8-22-53-45/h1-28H. The molecule has 11 rings (SSSR count). The van der Waals surface area contributed by atoms with Gasteiger partial charge in [-0.15, -0.1) is 0 Å². The van der Waals surface area contributed by atoms with Crippen LogP contribution in [0.2, 0.25) is 0 Å². The average molecular weight is 717 g/mol. The molecule has 56 heavy (non-hydrogen) atoms. The van der Waals surface area contributed by atoms with Gasteiger partial charge in [-0.3, -0.25) is 24.9 Å². The largest absolute Gasteiger partial charge is 0.256 e. The SMILES string of the molecule is c1ccc(-c2nc(-c3cc(-c4cc5cccnc5c5ncccc45)cc(-c4cc5cccnc5c5ncccc45)c3)nc(-c3ccc4ncccc4c3)n2)cc1. The molecule has 8 nitrogen and oxygen atoms in total.